The van der Waals surface area contributed by atoms with Crippen LogP contribution in [0.3, 0.4) is 0 Å². The number of nitrogens with two attached hydrogens (primary N) is 1. The molecular formula is C19H24N8O2. The molecule has 1 fully saturated rings. The lowest BCUT2D eigenvalue weighted by Gasteiger charge is -2.28. The molecule has 3 aromatic rings. The summed E-state index contributed by atoms with van der Waals surface area (Å²) in [6.45, 7) is 6.72. The second-order valence-corrected chi connectivity index (χ2v) is 7.54. The highest BCUT2D eigenvalue weighted by Gasteiger charge is 2.24. The SMILES string of the molecule is CC(C)C(C#N)n1cc(-c2cc(N3CCOCC3)n(C)n2)c2[nH]nc(N)c2c1=O. The summed E-state index contributed by atoms with van der Waals surface area (Å²) in [5, 5.41) is 21.5. The first-order valence-electron chi connectivity index (χ1n) is 9.57. The number of nitrogen functional groups attached to an aromatic ring is 1. The number of hydrogen-bond acceptors (Lipinski definition) is 7. The van der Waals surface area contributed by atoms with Gasteiger partial charge in [0.15, 0.2) is 5.82 Å². The van der Waals surface area contributed by atoms with Crippen molar-refractivity contribution >= 4 is 22.5 Å². The van der Waals surface area contributed by atoms with Crippen LogP contribution < -0.4 is 16.2 Å². The number of anilines is 2. The smallest absolute Gasteiger partial charge is 0.264 e. The Kier molecular flexibility index (Phi) is 4.76. The topological polar surface area (TPSA) is 131 Å². The number of H-pyrrole nitrogens is 1. The van der Waals surface area contributed by atoms with E-state index in [0.717, 1.165) is 18.9 Å². The summed E-state index contributed by atoms with van der Waals surface area (Å²) >= 11 is 0. The third-order valence-electron chi connectivity index (χ3n) is 5.31. The summed E-state index contributed by atoms with van der Waals surface area (Å²) in [6, 6.07) is 3.58. The fourth-order valence-electron chi connectivity index (χ4n) is 3.77. The van der Waals surface area contributed by atoms with E-state index >= 15 is 0 Å². The van der Waals surface area contributed by atoms with E-state index in [9.17, 15) is 10.1 Å². The Morgan fingerprint density at radius 3 is 2.72 bits per heavy atom. The normalized spacial score (nSPS) is 15.8. The summed E-state index contributed by atoms with van der Waals surface area (Å²) in [4.78, 5) is 15.3. The van der Waals surface area contributed by atoms with Gasteiger partial charge in [-0.2, -0.15) is 15.5 Å². The standard InChI is InChI=1S/C19H24N8O2/c1-11(2)14(9-20)27-10-12(17-16(19(27)28)18(21)23-22-17)13-8-15(25(3)24-13)26-4-6-29-7-5-26/h8,10-11,14H,4-7H2,1-3H3,(H3,21,22,23). The number of morpholine rings is 1. The van der Waals surface area contributed by atoms with E-state index in [2.05, 4.69) is 26.3 Å². The first kappa shape index (κ1) is 19.0. The van der Waals surface area contributed by atoms with Gasteiger partial charge in [-0.25, -0.2) is 0 Å². The quantitative estimate of drug-likeness (QED) is 0.679. The molecule has 0 radical (unpaired) electrons. The van der Waals surface area contributed by atoms with Crippen LogP contribution in [0.5, 0.6) is 0 Å². The maximum Gasteiger partial charge on any atom is 0.264 e. The Bertz CT molecular complexity index is 1140. The minimum atomic E-state index is -0.623. The number of nitriles is 1. The van der Waals surface area contributed by atoms with Gasteiger partial charge in [0.05, 0.1) is 30.5 Å². The molecule has 3 aromatic heterocycles. The highest BCUT2D eigenvalue weighted by atomic mass is 16.5. The fraction of sp³-hybridized carbons (Fsp3) is 0.474. The molecule has 0 aromatic carbocycles. The van der Waals surface area contributed by atoms with Crippen LogP contribution in [0.25, 0.3) is 22.2 Å². The van der Waals surface area contributed by atoms with E-state index in [0.29, 0.717) is 30.0 Å². The van der Waals surface area contributed by atoms with E-state index < -0.39 is 6.04 Å². The van der Waals surface area contributed by atoms with E-state index in [1.807, 2.05) is 31.6 Å². The summed E-state index contributed by atoms with van der Waals surface area (Å²) < 4.78 is 8.69. The maximum absolute atomic E-state index is 13.0. The van der Waals surface area contributed by atoms with Gasteiger partial charge in [0, 0.05) is 38.0 Å². The van der Waals surface area contributed by atoms with Gasteiger partial charge in [-0.05, 0) is 5.92 Å². The average molecular weight is 396 g/mol. The zero-order valence-electron chi connectivity index (χ0n) is 16.7. The van der Waals surface area contributed by atoms with Gasteiger partial charge < -0.3 is 15.4 Å². The van der Waals surface area contributed by atoms with Crippen LogP contribution in [0, 0.1) is 17.2 Å². The van der Waals surface area contributed by atoms with E-state index in [4.69, 9.17) is 10.5 Å². The van der Waals surface area contributed by atoms with Crippen LogP contribution in [-0.4, -0.2) is 50.8 Å². The molecule has 1 aliphatic heterocycles. The molecule has 0 amide bonds. The van der Waals surface area contributed by atoms with Gasteiger partial charge in [-0.15, -0.1) is 0 Å². The second kappa shape index (κ2) is 7.25. The van der Waals surface area contributed by atoms with Crippen LogP contribution >= 0.6 is 0 Å². The van der Waals surface area contributed by atoms with Crippen molar-refractivity contribution in [3.05, 3.63) is 22.6 Å². The lowest BCUT2D eigenvalue weighted by atomic mass is 10.0. The fourth-order valence-corrected chi connectivity index (χ4v) is 3.77. The number of fused-ring (bicyclic) bond motifs is 1. The van der Waals surface area contributed by atoms with Crippen LogP contribution in [0.1, 0.15) is 19.9 Å². The predicted octanol–water partition coefficient (Wildman–Crippen LogP) is 1.26. The molecular weight excluding hydrogens is 372 g/mol. The van der Waals surface area contributed by atoms with Crippen LogP contribution in [-0.2, 0) is 11.8 Å². The summed E-state index contributed by atoms with van der Waals surface area (Å²) in [6.07, 6.45) is 1.68. The molecule has 1 aliphatic rings. The van der Waals surface area contributed by atoms with Gasteiger partial charge in [0.25, 0.3) is 5.56 Å². The Balaban J connectivity index is 1.91. The number of ether oxygens (including phenoxy) is 1. The van der Waals surface area contributed by atoms with Crippen molar-refractivity contribution in [1.29, 1.82) is 5.26 Å². The zero-order valence-corrected chi connectivity index (χ0v) is 16.7. The Hall–Kier alpha value is -3.32. The average Bonchev–Trinajstić information content (AvgIpc) is 3.28. The molecule has 10 nitrogen and oxygen atoms in total. The minimum absolute atomic E-state index is 0.0521. The van der Waals surface area contributed by atoms with E-state index in [1.54, 1.807) is 6.20 Å². The van der Waals surface area contributed by atoms with Crippen molar-refractivity contribution < 1.29 is 4.74 Å². The predicted molar refractivity (Wildman–Crippen MR) is 109 cm³/mol. The lowest BCUT2D eigenvalue weighted by Crippen LogP contribution is -2.37. The van der Waals surface area contributed by atoms with Gasteiger partial charge >= 0.3 is 0 Å². The molecule has 4 heterocycles. The molecule has 10 heteroatoms. The Labute approximate surface area is 167 Å². The molecule has 0 aliphatic carbocycles. The minimum Gasteiger partial charge on any atom is -0.382 e. The first-order chi connectivity index (χ1) is 13.9. The number of aryl methyl sites for hydroxylation is 1. The molecule has 4 rings (SSSR count). The Morgan fingerprint density at radius 2 is 2.07 bits per heavy atom. The van der Waals surface area contributed by atoms with Crippen molar-refractivity contribution in [3.8, 4) is 17.3 Å². The molecule has 1 saturated heterocycles. The third-order valence-corrected chi connectivity index (χ3v) is 5.31. The molecule has 0 saturated carbocycles. The lowest BCUT2D eigenvalue weighted by molar-refractivity contribution is 0.122. The zero-order chi connectivity index (χ0) is 20.7. The number of hydrogen-bond donors (Lipinski definition) is 2. The number of nitrogens with one attached hydrogen (secondary N) is 1. The molecule has 1 unspecified atom stereocenters. The van der Waals surface area contributed by atoms with Crippen LogP contribution in [0.15, 0.2) is 17.1 Å². The van der Waals surface area contributed by atoms with Gasteiger partial charge in [-0.1, -0.05) is 13.8 Å². The first-order valence-corrected chi connectivity index (χ1v) is 9.57. The molecule has 0 spiro atoms. The monoisotopic (exact) mass is 396 g/mol. The van der Waals surface area contributed by atoms with Crippen molar-refractivity contribution in [3.63, 3.8) is 0 Å². The van der Waals surface area contributed by atoms with Crippen molar-refractivity contribution in [2.45, 2.75) is 19.9 Å². The summed E-state index contributed by atoms with van der Waals surface area (Å²) in [5.74, 6) is 1.02. The Morgan fingerprint density at radius 1 is 1.34 bits per heavy atom. The summed E-state index contributed by atoms with van der Waals surface area (Å²) in [7, 11) is 1.88. The largest absolute Gasteiger partial charge is 0.382 e. The highest BCUT2D eigenvalue weighted by molar-refractivity contribution is 5.97. The third kappa shape index (κ3) is 3.13. The molecule has 29 heavy (non-hydrogen) atoms. The molecule has 3 N–H and O–H groups in total. The number of aromatic nitrogens is 5. The van der Waals surface area contributed by atoms with Gasteiger partial charge in [0.1, 0.15) is 17.2 Å². The highest BCUT2D eigenvalue weighted by Crippen LogP contribution is 2.31. The van der Waals surface area contributed by atoms with Crippen molar-refractivity contribution in [1.82, 2.24) is 24.5 Å². The maximum atomic E-state index is 13.0. The van der Waals surface area contributed by atoms with E-state index in [1.165, 1.54) is 4.57 Å². The van der Waals surface area contributed by atoms with Crippen LogP contribution in [0.2, 0.25) is 0 Å². The van der Waals surface area contributed by atoms with Crippen molar-refractivity contribution in [2.24, 2.45) is 13.0 Å². The van der Waals surface area contributed by atoms with Crippen LogP contribution in [0.4, 0.5) is 11.6 Å². The summed E-state index contributed by atoms with van der Waals surface area (Å²) in [5.41, 5.74) is 7.52. The van der Waals surface area contributed by atoms with E-state index in [-0.39, 0.29) is 22.7 Å². The second-order valence-electron chi connectivity index (χ2n) is 7.54. The molecule has 1 atom stereocenters. The van der Waals surface area contributed by atoms with Crippen molar-refractivity contribution in [2.75, 3.05) is 36.9 Å². The van der Waals surface area contributed by atoms with Gasteiger partial charge in [0.2, 0.25) is 0 Å². The number of nitrogens with zero attached hydrogens (tertiary/aromatic N) is 6. The molecule has 152 valence electrons. The number of aromatic amines is 1. The number of rotatable bonds is 4. The number of pyridine rings is 1. The van der Waals surface area contributed by atoms with Gasteiger partial charge in [-0.3, -0.25) is 19.1 Å². The molecule has 0 bridgehead atoms.